The van der Waals surface area contributed by atoms with Crippen molar-refractivity contribution in [1.29, 1.82) is 0 Å². The third kappa shape index (κ3) is 4.89. The number of fused-ring (bicyclic) bond motifs is 1. The van der Waals surface area contributed by atoms with E-state index in [-0.39, 0.29) is 23.9 Å². The van der Waals surface area contributed by atoms with Gasteiger partial charge in [0.2, 0.25) is 0 Å². The number of carbonyl (C=O) groups excluding carboxylic acids is 1. The highest BCUT2D eigenvalue weighted by Gasteiger charge is 2.18. The van der Waals surface area contributed by atoms with Gasteiger partial charge in [0, 0.05) is 12.0 Å². The highest BCUT2D eigenvalue weighted by atomic mass is 16.6. The van der Waals surface area contributed by atoms with E-state index in [0.29, 0.717) is 29.9 Å². The molecule has 0 unspecified atom stereocenters. The standard InChI is InChI=1S/C19H26N2O4/c1-13(2)9-10-24-11-12-25-19(23)17-15-7-5-6-8-16(15)18(22)21(20-17)14(3)4/h5-8,13-14H,9-12H2,1-4H3. The Labute approximate surface area is 147 Å². The Hall–Kier alpha value is -2.21. The first kappa shape index (κ1) is 19.1. The first-order valence-corrected chi connectivity index (χ1v) is 8.68. The molecule has 2 rings (SSSR count). The number of hydrogen-bond donors (Lipinski definition) is 0. The van der Waals surface area contributed by atoms with Crippen LogP contribution < -0.4 is 5.56 Å². The summed E-state index contributed by atoms with van der Waals surface area (Å²) in [5.41, 5.74) is -0.0507. The Bertz CT molecular complexity index is 781. The van der Waals surface area contributed by atoms with E-state index in [1.54, 1.807) is 24.3 Å². The van der Waals surface area contributed by atoms with E-state index in [2.05, 4.69) is 18.9 Å². The number of benzene rings is 1. The van der Waals surface area contributed by atoms with Gasteiger partial charge in [0.1, 0.15) is 6.61 Å². The van der Waals surface area contributed by atoms with Gasteiger partial charge in [0.15, 0.2) is 5.69 Å². The van der Waals surface area contributed by atoms with E-state index in [0.717, 1.165) is 6.42 Å². The van der Waals surface area contributed by atoms with Crippen LogP contribution in [0.15, 0.2) is 29.1 Å². The minimum Gasteiger partial charge on any atom is -0.458 e. The first-order valence-electron chi connectivity index (χ1n) is 8.68. The van der Waals surface area contributed by atoms with Crippen molar-refractivity contribution < 1.29 is 14.3 Å². The third-order valence-electron chi connectivity index (χ3n) is 3.81. The summed E-state index contributed by atoms with van der Waals surface area (Å²) in [6.45, 7) is 9.11. The van der Waals surface area contributed by atoms with E-state index in [1.807, 2.05) is 13.8 Å². The first-order chi connectivity index (χ1) is 11.9. The lowest BCUT2D eigenvalue weighted by atomic mass is 10.1. The third-order valence-corrected chi connectivity index (χ3v) is 3.81. The molecule has 0 atom stereocenters. The summed E-state index contributed by atoms with van der Waals surface area (Å²) in [7, 11) is 0. The van der Waals surface area contributed by atoms with E-state index in [9.17, 15) is 9.59 Å². The van der Waals surface area contributed by atoms with Gasteiger partial charge < -0.3 is 9.47 Å². The maximum Gasteiger partial charge on any atom is 0.359 e. The summed E-state index contributed by atoms with van der Waals surface area (Å²) < 4.78 is 12.0. The highest BCUT2D eigenvalue weighted by Crippen LogP contribution is 2.15. The molecule has 0 saturated heterocycles. The zero-order valence-corrected chi connectivity index (χ0v) is 15.3. The van der Waals surface area contributed by atoms with Gasteiger partial charge in [-0.1, -0.05) is 32.0 Å². The Morgan fingerprint density at radius 2 is 1.76 bits per heavy atom. The molecule has 0 saturated carbocycles. The Morgan fingerprint density at radius 3 is 2.40 bits per heavy atom. The molecule has 136 valence electrons. The minimum atomic E-state index is -0.543. The zero-order chi connectivity index (χ0) is 18.4. The van der Waals surface area contributed by atoms with E-state index in [4.69, 9.17) is 9.47 Å². The summed E-state index contributed by atoms with van der Waals surface area (Å²) in [6.07, 6.45) is 0.972. The lowest BCUT2D eigenvalue weighted by Gasteiger charge is -2.13. The molecule has 6 heteroatoms. The molecule has 0 spiro atoms. The number of nitrogens with zero attached hydrogens (tertiary/aromatic N) is 2. The predicted octanol–water partition coefficient (Wildman–Crippen LogP) is 3.20. The van der Waals surface area contributed by atoms with Crippen molar-refractivity contribution in [2.24, 2.45) is 5.92 Å². The Balaban J connectivity index is 2.12. The van der Waals surface area contributed by atoms with Crippen LogP contribution in [0.4, 0.5) is 0 Å². The highest BCUT2D eigenvalue weighted by molar-refractivity contribution is 6.02. The van der Waals surface area contributed by atoms with Crippen LogP contribution in [0.5, 0.6) is 0 Å². The predicted molar refractivity (Wildman–Crippen MR) is 96.9 cm³/mol. The van der Waals surface area contributed by atoms with Gasteiger partial charge in [-0.2, -0.15) is 5.10 Å². The fraction of sp³-hybridized carbons (Fsp3) is 0.526. The largest absolute Gasteiger partial charge is 0.458 e. The lowest BCUT2D eigenvalue weighted by Crippen LogP contribution is -2.28. The second-order valence-electron chi connectivity index (χ2n) is 6.67. The van der Waals surface area contributed by atoms with Crippen LogP contribution in [-0.4, -0.2) is 35.6 Å². The zero-order valence-electron chi connectivity index (χ0n) is 15.3. The second-order valence-corrected chi connectivity index (χ2v) is 6.67. The maximum absolute atomic E-state index is 12.5. The molecule has 0 amide bonds. The van der Waals surface area contributed by atoms with Gasteiger partial charge >= 0.3 is 5.97 Å². The summed E-state index contributed by atoms with van der Waals surface area (Å²) in [5.74, 6) is 0.0354. The number of ether oxygens (including phenoxy) is 2. The molecule has 1 aromatic carbocycles. The quantitative estimate of drug-likeness (QED) is 0.542. The van der Waals surface area contributed by atoms with Crippen LogP contribution in [0.1, 0.15) is 50.6 Å². The van der Waals surface area contributed by atoms with Crippen LogP contribution in [0, 0.1) is 5.92 Å². The fourth-order valence-corrected chi connectivity index (χ4v) is 2.39. The van der Waals surface area contributed by atoms with Crippen LogP contribution >= 0.6 is 0 Å². The number of hydrogen-bond acceptors (Lipinski definition) is 5. The van der Waals surface area contributed by atoms with Crippen LogP contribution in [0.25, 0.3) is 10.8 Å². The van der Waals surface area contributed by atoms with Gasteiger partial charge in [0.05, 0.1) is 18.0 Å². The molecule has 2 aromatic rings. The molecule has 6 nitrogen and oxygen atoms in total. The molecule has 0 aliphatic heterocycles. The van der Waals surface area contributed by atoms with Crippen molar-refractivity contribution in [2.45, 2.75) is 40.2 Å². The smallest absolute Gasteiger partial charge is 0.359 e. The van der Waals surface area contributed by atoms with Gasteiger partial charge in [0.25, 0.3) is 5.56 Å². The molecule has 25 heavy (non-hydrogen) atoms. The van der Waals surface area contributed by atoms with Crippen LogP contribution in [-0.2, 0) is 9.47 Å². The van der Waals surface area contributed by atoms with Crippen molar-refractivity contribution in [3.05, 3.63) is 40.3 Å². The summed E-state index contributed by atoms with van der Waals surface area (Å²) in [4.78, 5) is 24.9. The normalized spacial score (nSPS) is 11.4. The number of aromatic nitrogens is 2. The number of rotatable bonds is 8. The topological polar surface area (TPSA) is 70.4 Å². The van der Waals surface area contributed by atoms with E-state index in [1.165, 1.54) is 4.68 Å². The monoisotopic (exact) mass is 346 g/mol. The summed E-state index contributed by atoms with van der Waals surface area (Å²) in [6, 6.07) is 6.80. The van der Waals surface area contributed by atoms with Crippen molar-refractivity contribution in [1.82, 2.24) is 9.78 Å². The number of esters is 1. The minimum absolute atomic E-state index is 0.150. The maximum atomic E-state index is 12.5. The van der Waals surface area contributed by atoms with Crippen molar-refractivity contribution in [2.75, 3.05) is 19.8 Å². The van der Waals surface area contributed by atoms with Crippen molar-refractivity contribution in [3.8, 4) is 0 Å². The molecule has 1 aromatic heterocycles. The molecule has 0 aliphatic rings. The average Bonchev–Trinajstić information content (AvgIpc) is 2.57. The van der Waals surface area contributed by atoms with Crippen molar-refractivity contribution in [3.63, 3.8) is 0 Å². The molecular formula is C19H26N2O4. The SMILES string of the molecule is CC(C)CCOCCOC(=O)c1nn(C(C)C)c(=O)c2ccccc12. The van der Waals surface area contributed by atoms with Gasteiger partial charge in [-0.25, -0.2) is 9.48 Å². The molecule has 1 heterocycles. The van der Waals surface area contributed by atoms with Crippen LogP contribution in [0.3, 0.4) is 0 Å². The average molecular weight is 346 g/mol. The summed E-state index contributed by atoms with van der Waals surface area (Å²) >= 11 is 0. The molecule has 0 aliphatic carbocycles. The van der Waals surface area contributed by atoms with Gasteiger partial charge in [-0.15, -0.1) is 0 Å². The van der Waals surface area contributed by atoms with Gasteiger partial charge in [-0.05, 0) is 32.3 Å². The lowest BCUT2D eigenvalue weighted by molar-refractivity contribution is 0.0297. The van der Waals surface area contributed by atoms with E-state index < -0.39 is 5.97 Å². The molecule has 0 fully saturated rings. The number of carbonyl (C=O) groups is 1. The molecule has 0 N–H and O–H groups in total. The fourth-order valence-electron chi connectivity index (χ4n) is 2.39. The van der Waals surface area contributed by atoms with Gasteiger partial charge in [-0.3, -0.25) is 4.79 Å². The molecule has 0 bridgehead atoms. The summed E-state index contributed by atoms with van der Waals surface area (Å²) in [5, 5.41) is 5.20. The van der Waals surface area contributed by atoms with Crippen LogP contribution in [0.2, 0.25) is 0 Å². The second kappa shape index (κ2) is 8.76. The molecular weight excluding hydrogens is 320 g/mol. The Kier molecular flexibility index (Phi) is 6.70. The molecule has 0 radical (unpaired) electrons. The van der Waals surface area contributed by atoms with Crippen molar-refractivity contribution >= 4 is 16.7 Å². The van der Waals surface area contributed by atoms with E-state index >= 15 is 0 Å². The Morgan fingerprint density at radius 1 is 1.08 bits per heavy atom.